The van der Waals surface area contributed by atoms with Crippen LogP contribution in [-0.4, -0.2) is 23.3 Å². The van der Waals surface area contributed by atoms with Gasteiger partial charge in [-0.3, -0.25) is 5.01 Å². The molecule has 0 bridgehead atoms. The third-order valence-electron chi connectivity index (χ3n) is 4.30. The maximum atomic E-state index is 4.80. The van der Waals surface area contributed by atoms with Gasteiger partial charge in [0.25, 0.3) is 0 Å². The molecule has 0 radical (unpaired) electrons. The van der Waals surface area contributed by atoms with Gasteiger partial charge in [-0.2, -0.15) is 5.10 Å². The van der Waals surface area contributed by atoms with Crippen LogP contribution < -0.4 is 0 Å². The summed E-state index contributed by atoms with van der Waals surface area (Å²) in [6.07, 6.45) is 17.2. The first-order chi connectivity index (χ1) is 8.42. The van der Waals surface area contributed by atoms with Crippen molar-refractivity contribution >= 4 is 6.21 Å². The summed E-state index contributed by atoms with van der Waals surface area (Å²) in [6.45, 7) is 2.18. The van der Waals surface area contributed by atoms with Gasteiger partial charge in [0.05, 0.1) is 0 Å². The van der Waals surface area contributed by atoms with Crippen molar-refractivity contribution in [1.82, 2.24) is 5.01 Å². The fourth-order valence-corrected chi connectivity index (χ4v) is 3.35. The first-order valence-electron chi connectivity index (χ1n) is 7.72. The Bertz CT molecular complexity index is 207. The Balaban J connectivity index is 1.97. The van der Waals surface area contributed by atoms with Crippen molar-refractivity contribution < 1.29 is 0 Å². The predicted octanol–water partition coefficient (Wildman–Crippen LogP) is 4.35. The van der Waals surface area contributed by atoms with Gasteiger partial charge in [-0.15, -0.1) is 0 Å². The molecule has 0 aromatic heterocycles. The zero-order chi connectivity index (χ0) is 11.9. The molecule has 2 nitrogen and oxygen atoms in total. The van der Waals surface area contributed by atoms with Crippen molar-refractivity contribution in [3.63, 3.8) is 0 Å². The summed E-state index contributed by atoms with van der Waals surface area (Å²) in [6, 6.07) is 1.49. The minimum Gasteiger partial charge on any atom is -0.291 e. The van der Waals surface area contributed by atoms with Gasteiger partial charge < -0.3 is 0 Å². The number of hydrazone groups is 1. The Labute approximate surface area is 106 Å². The Morgan fingerprint density at radius 1 is 0.882 bits per heavy atom. The van der Waals surface area contributed by atoms with E-state index in [0.29, 0.717) is 0 Å². The summed E-state index contributed by atoms with van der Waals surface area (Å²) in [5.41, 5.74) is 0. The molecule has 0 unspecified atom stereocenters. The molecule has 0 aromatic rings. The van der Waals surface area contributed by atoms with Gasteiger partial charge in [0, 0.05) is 18.3 Å². The lowest BCUT2D eigenvalue weighted by Gasteiger charge is -2.39. The molecule has 0 aliphatic heterocycles. The van der Waals surface area contributed by atoms with Gasteiger partial charge in [0.15, 0.2) is 0 Å². The van der Waals surface area contributed by atoms with Crippen molar-refractivity contribution in [2.45, 2.75) is 89.6 Å². The maximum Gasteiger partial charge on any atom is 0.0473 e. The van der Waals surface area contributed by atoms with Crippen LogP contribution in [0.1, 0.15) is 77.6 Å². The first-order valence-corrected chi connectivity index (χ1v) is 7.72. The van der Waals surface area contributed by atoms with E-state index in [4.69, 9.17) is 5.10 Å². The van der Waals surface area contributed by atoms with E-state index in [1.807, 2.05) is 0 Å². The number of nitrogens with zero attached hydrogens (tertiary/aromatic N) is 2. The zero-order valence-electron chi connectivity index (χ0n) is 11.4. The molecule has 2 aliphatic rings. The van der Waals surface area contributed by atoms with Gasteiger partial charge >= 0.3 is 0 Å². The van der Waals surface area contributed by atoms with E-state index in [1.54, 1.807) is 0 Å². The highest BCUT2D eigenvalue weighted by Crippen LogP contribution is 2.30. The maximum absolute atomic E-state index is 4.80. The first kappa shape index (κ1) is 12.9. The van der Waals surface area contributed by atoms with E-state index in [9.17, 15) is 0 Å². The summed E-state index contributed by atoms with van der Waals surface area (Å²) < 4.78 is 0. The average Bonchev–Trinajstić information content (AvgIpc) is 2.42. The Hall–Kier alpha value is -0.530. The molecular formula is C15H28N2. The monoisotopic (exact) mass is 236 g/mol. The predicted molar refractivity (Wildman–Crippen MR) is 74.4 cm³/mol. The van der Waals surface area contributed by atoms with E-state index in [-0.39, 0.29) is 0 Å². The van der Waals surface area contributed by atoms with Crippen LogP contribution in [0.4, 0.5) is 0 Å². The summed E-state index contributed by atoms with van der Waals surface area (Å²) in [4.78, 5) is 0. The second kappa shape index (κ2) is 7.03. The molecule has 0 aromatic carbocycles. The van der Waals surface area contributed by atoms with Crippen LogP contribution in [0.15, 0.2) is 5.10 Å². The standard InChI is InChI=1S/C15H28N2/c1-2-13-16-17(14-9-5-3-6-10-14)15-11-7-4-8-12-15/h13-15H,2-12H2,1H3/b16-13+. The van der Waals surface area contributed by atoms with Crippen LogP contribution in [0, 0.1) is 0 Å². The third kappa shape index (κ3) is 3.72. The van der Waals surface area contributed by atoms with Gasteiger partial charge in [-0.25, -0.2) is 0 Å². The second-order valence-corrected chi connectivity index (χ2v) is 5.67. The molecule has 17 heavy (non-hydrogen) atoms. The van der Waals surface area contributed by atoms with Gasteiger partial charge in [-0.1, -0.05) is 45.4 Å². The minimum absolute atomic E-state index is 0.745. The fourth-order valence-electron chi connectivity index (χ4n) is 3.35. The van der Waals surface area contributed by atoms with Crippen LogP contribution in [0.3, 0.4) is 0 Å². The summed E-state index contributed by atoms with van der Waals surface area (Å²) in [5.74, 6) is 0. The molecule has 2 aliphatic carbocycles. The average molecular weight is 236 g/mol. The highest BCUT2D eigenvalue weighted by atomic mass is 15.5. The summed E-state index contributed by atoms with van der Waals surface area (Å²) in [7, 11) is 0. The highest BCUT2D eigenvalue weighted by molar-refractivity contribution is 5.56. The molecule has 0 heterocycles. The van der Waals surface area contributed by atoms with E-state index < -0.39 is 0 Å². The molecule has 0 saturated heterocycles. The molecule has 2 heteroatoms. The minimum atomic E-state index is 0.745. The normalized spacial score (nSPS) is 24.3. The second-order valence-electron chi connectivity index (χ2n) is 5.67. The molecular weight excluding hydrogens is 208 g/mol. The van der Waals surface area contributed by atoms with Gasteiger partial charge in [0.2, 0.25) is 0 Å². The Kier molecular flexibility index (Phi) is 5.34. The topological polar surface area (TPSA) is 15.6 Å². The smallest absolute Gasteiger partial charge is 0.0473 e. The number of rotatable bonds is 4. The van der Waals surface area contributed by atoms with E-state index in [1.165, 1.54) is 64.2 Å². The fraction of sp³-hybridized carbons (Fsp3) is 0.933. The van der Waals surface area contributed by atoms with Crippen molar-refractivity contribution in [1.29, 1.82) is 0 Å². The van der Waals surface area contributed by atoms with Crippen molar-refractivity contribution in [2.75, 3.05) is 0 Å². The molecule has 0 N–H and O–H groups in total. The van der Waals surface area contributed by atoms with Crippen LogP contribution in [0.2, 0.25) is 0 Å². The molecule has 0 amide bonds. The lowest BCUT2D eigenvalue weighted by Crippen LogP contribution is -2.41. The lowest BCUT2D eigenvalue weighted by atomic mass is 9.90. The van der Waals surface area contributed by atoms with Crippen LogP contribution in [0.25, 0.3) is 0 Å². The van der Waals surface area contributed by atoms with E-state index in [0.717, 1.165) is 18.5 Å². The molecule has 2 rings (SSSR count). The molecule has 0 spiro atoms. The van der Waals surface area contributed by atoms with Crippen LogP contribution in [-0.2, 0) is 0 Å². The number of hydrogen-bond acceptors (Lipinski definition) is 2. The van der Waals surface area contributed by atoms with E-state index in [2.05, 4.69) is 18.1 Å². The zero-order valence-corrected chi connectivity index (χ0v) is 11.4. The highest BCUT2D eigenvalue weighted by Gasteiger charge is 2.27. The van der Waals surface area contributed by atoms with Crippen molar-refractivity contribution in [2.24, 2.45) is 5.10 Å². The summed E-state index contributed by atoms with van der Waals surface area (Å²) >= 11 is 0. The van der Waals surface area contributed by atoms with Crippen molar-refractivity contribution in [3.8, 4) is 0 Å². The van der Waals surface area contributed by atoms with Gasteiger partial charge in [0.1, 0.15) is 0 Å². The summed E-state index contributed by atoms with van der Waals surface area (Å²) in [5, 5.41) is 7.30. The third-order valence-corrected chi connectivity index (χ3v) is 4.30. The van der Waals surface area contributed by atoms with Gasteiger partial charge in [-0.05, 0) is 32.1 Å². The Morgan fingerprint density at radius 3 is 1.76 bits per heavy atom. The van der Waals surface area contributed by atoms with Crippen molar-refractivity contribution in [3.05, 3.63) is 0 Å². The quantitative estimate of drug-likeness (QED) is 0.523. The van der Waals surface area contributed by atoms with Crippen LogP contribution in [0.5, 0.6) is 0 Å². The molecule has 2 fully saturated rings. The molecule has 0 atom stereocenters. The molecule has 2 saturated carbocycles. The molecule has 98 valence electrons. The Morgan fingerprint density at radius 2 is 1.35 bits per heavy atom. The van der Waals surface area contributed by atoms with Crippen LogP contribution >= 0.6 is 0 Å². The number of hydrogen-bond donors (Lipinski definition) is 0. The lowest BCUT2D eigenvalue weighted by molar-refractivity contribution is 0.0852. The SMILES string of the molecule is CC/C=N/N(C1CCCCC1)C1CCCCC1. The van der Waals surface area contributed by atoms with E-state index >= 15 is 0 Å². The largest absolute Gasteiger partial charge is 0.291 e.